The van der Waals surface area contributed by atoms with E-state index >= 15 is 0 Å². The van der Waals surface area contributed by atoms with Gasteiger partial charge < -0.3 is 9.47 Å². The third kappa shape index (κ3) is 18.0. The number of esters is 2. The minimum Gasteiger partial charge on any atom is -0.458 e. The van der Waals surface area contributed by atoms with E-state index < -0.39 is 11.9 Å². The van der Waals surface area contributed by atoms with Gasteiger partial charge in [0.15, 0.2) is 0 Å². The maximum atomic E-state index is 10.8. The first-order valence-electron chi connectivity index (χ1n) is 5.26. The molecule has 102 valence electrons. The van der Waals surface area contributed by atoms with E-state index in [0.717, 1.165) is 12.2 Å². The number of nitrogens with zero attached hydrogens (tertiary/aromatic N) is 1. The quantitative estimate of drug-likeness (QED) is 0.317. The molecule has 0 spiro atoms. The summed E-state index contributed by atoms with van der Waals surface area (Å²) in [6.07, 6.45) is 4.85. The van der Waals surface area contributed by atoms with Crippen LogP contribution in [0.1, 0.15) is 6.92 Å². The summed E-state index contributed by atoms with van der Waals surface area (Å²) in [4.78, 5) is 21.6. The predicted molar refractivity (Wildman–Crippen MR) is 71.9 cm³/mol. The summed E-state index contributed by atoms with van der Waals surface area (Å²) in [7, 11) is 0. The number of carbonyl (C=O) groups excluding carboxylic acids is 2. The Labute approximate surface area is 113 Å². The summed E-state index contributed by atoms with van der Waals surface area (Å²) >= 11 is 0. The zero-order valence-corrected chi connectivity index (χ0v) is 10.9. The van der Waals surface area contributed by atoms with Crippen LogP contribution in [0, 0.1) is 11.3 Å². The fourth-order valence-electron chi connectivity index (χ4n) is 0.514. The number of nitriles is 1. The van der Waals surface area contributed by atoms with Gasteiger partial charge in [-0.1, -0.05) is 31.9 Å². The van der Waals surface area contributed by atoms with Crippen LogP contribution in [0.5, 0.6) is 0 Å². The minimum absolute atomic E-state index is 0.116. The van der Waals surface area contributed by atoms with E-state index in [1.54, 1.807) is 6.92 Å². The van der Waals surface area contributed by atoms with Crippen molar-refractivity contribution in [3.63, 3.8) is 0 Å². The fourth-order valence-corrected chi connectivity index (χ4v) is 0.514. The van der Waals surface area contributed by atoms with Crippen LogP contribution in [0.25, 0.3) is 0 Å². The van der Waals surface area contributed by atoms with E-state index in [9.17, 15) is 9.59 Å². The maximum absolute atomic E-state index is 10.8. The molecule has 0 N–H and O–H groups in total. The van der Waals surface area contributed by atoms with Gasteiger partial charge in [0.25, 0.3) is 0 Å². The molecule has 19 heavy (non-hydrogen) atoms. The topological polar surface area (TPSA) is 76.4 Å². The smallest absolute Gasteiger partial charge is 0.331 e. The maximum Gasteiger partial charge on any atom is 0.331 e. The highest BCUT2D eigenvalue weighted by atomic mass is 16.5. The molecular formula is C14H17NO4. The lowest BCUT2D eigenvalue weighted by Gasteiger charge is -1.96. The molecule has 0 aliphatic heterocycles. The van der Waals surface area contributed by atoms with Gasteiger partial charge in [-0.2, -0.15) is 5.26 Å². The lowest BCUT2D eigenvalue weighted by atomic mass is 10.4. The van der Waals surface area contributed by atoms with Crippen molar-refractivity contribution in [2.75, 3.05) is 13.2 Å². The van der Waals surface area contributed by atoms with Gasteiger partial charge in [-0.3, -0.25) is 0 Å². The Morgan fingerprint density at radius 1 is 1.11 bits per heavy atom. The Morgan fingerprint density at radius 3 is 1.63 bits per heavy atom. The molecule has 0 bridgehead atoms. The summed E-state index contributed by atoms with van der Waals surface area (Å²) in [5.74, 6) is -1.22. The number of carbonyl (C=O) groups is 2. The zero-order valence-electron chi connectivity index (χ0n) is 10.9. The van der Waals surface area contributed by atoms with E-state index in [1.807, 2.05) is 6.07 Å². The molecule has 0 unspecified atom stereocenters. The molecule has 0 rings (SSSR count). The number of ether oxygens (including phenoxy) is 2. The SMILES string of the molecule is C=C(C)C#N.C=CCOC(=O)C=CC(=O)OCC=C. The molecule has 0 heterocycles. The van der Waals surface area contributed by atoms with Gasteiger partial charge >= 0.3 is 11.9 Å². The molecule has 0 saturated heterocycles. The Bertz CT molecular complexity index is 376. The first-order chi connectivity index (χ1) is 8.97. The fraction of sp³-hybridized carbons (Fsp3) is 0.214. The van der Waals surface area contributed by atoms with Crippen molar-refractivity contribution in [1.82, 2.24) is 0 Å². The third-order valence-electron chi connectivity index (χ3n) is 1.23. The molecule has 5 heteroatoms. The number of hydrogen-bond donors (Lipinski definition) is 0. The molecule has 0 amide bonds. The molecule has 0 atom stereocenters. The van der Waals surface area contributed by atoms with Gasteiger partial charge in [-0.25, -0.2) is 9.59 Å². The van der Waals surface area contributed by atoms with E-state index in [2.05, 4.69) is 29.2 Å². The van der Waals surface area contributed by atoms with E-state index in [1.165, 1.54) is 12.2 Å². The van der Waals surface area contributed by atoms with Crippen molar-refractivity contribution in [3.05, 3.63) is 49.6 Å². The summed E-state index contributed by atoms with van der Waals surface area (Å²) < 4.78 is 9.15. The van der Waals surface area contributed by atoms with E-state index in [4.69, 9.17) is 5.26 Å². The van der Waals surface area contributed by atoms with Crippen LogP contribution < -0.4 is 0 Å². The lowest BCUT2D eigenvalue weighted by molar-refractivity contribution is -0.139. The Balaban J connectivity index is 0. The summed E-state index contributed by atoms with van der Waals surface area (Å²) in [6.45, 7) is 11.9. The van der Waals surface area contributed by atoms with Crippen LogP contribution in [-0.2, 0) is 19.1 Å². The van der Waals surface area contributed by atoms with Crippen molar-refractivity contribution in [2.45, 2.75) is 6.92 Å². The molecule has 0 aromatic heterocycles. The highest BCUT2D eigenvalue weighted by Crippen LogP contribution is 1.86. The first-order valence-corrected chi connectivity index (χ1v) is 5.26. The number of hydrogen-bond acceptors (Lipinski definition) is 5. The molecule has 0 aliphatic rings. The summed E-state index contributed by atoms with van der Waals surface area (Å²) in [6, 6.07) is 1.83. The summed E-state index contributed by atoms with van der Waals surface area (Å²) in [5.41, 5.74) is 0.560. The molecule has 0 aliphatic carbocycles. The number of rotatable bonds is 6. The second kappa shape index (κ2) is 13.5. The van der Waals surface area contributed by atoms with Crippen molar-refractivity contribution in [1.29, 1.82) is 5.26 Å². The van der Waals surface area contributed by atoms with Crippen molar-refractivity contribution in [2.24, 2.45) is 0 Å². The molecule has 0 radical (unpaired) electrons. The number of allylic oxidation sites excluding steroid dienone is 1. The van der Waals surface area contributed by atoms with Gasteiger partial charge in [0.05, 0.1) is 6.07 Å². The van der Waals surface area contributed by atoms with Crippen molar-refractivity contribution >= 4 is 11.9 Å². The highest BCUT2D eigenvalue weighted by molar-refractivity contribution is 5.91. The minimum atomic E-state index is -0.611. The normalized spacial score (nSPS) is 8.42. The van der Waals surface area contributed by atoms with E-state index in [-0.39, 0.29) is 13.2 Å². The van der Waals surface area contributed by atoms with Gasteiger partial charge in [0.2, 0.25) is 0 Å². The van der Waals surface area contributed by atoms with Crippen LogP contribution in [0.15, 0.2) is 49.6 Å². The first kappa shape index (κ1) is 18.7. The third-order valence-corrected chi connectivity index (χ3v) is 1.23. The monoisotopic (exact) mass is 263 g/mol. The van der Waals surface area contributed by atoms with Gasteiger partial charge in [-0.05, 0) is 6.92 Å². The second-order valence-corrected chi connectivity index (χ2v) is 3.06. The standard InChI is InChI=1S/C10H12O4.C4H5N/c1-3-7-13-9(11)5-6-10(12)14-8-4-2;1-4(2)3-5/h3-6H,1-2,7-8H2;1H2,2H3. The van der Waals surface area contributed by atoms with Crippen LogP contribution >= 0.6 is 0 Å². The molecule has 5 nitrogen and oxygen atoms in total. The molecule has 0 fully saturated rings. The zero-order chi connectivity index (χ0) is 15.1. The van der Waals surface area contributed by atoms with Crippen LogP contribution in [0.2, 0.25) is 0 Å². The Morgan fingerprint density at radius 2 is 1.42 bits per heavy atom. The van der Waals surface area contributed by atoms with Crippen molar-refractivity contribution < 1.29 is 19.1 Å². The second-order valence-electron chi connectivity index (χ2n) is 3.06. The van der Waals surface area contributed by atoms with Gasteiger partial charge in [0.1, 0.15) is 13.2 Å². The molecule has 0 aromatic rings. The van der Waals surface area contributed by atoms with Crippen LogP contribution in [-0.4, -0.2) is 25.2 Å². The lowest BCUT2D eigenvalue weighted by Crippen LogP contribution is -2.04. The Kier molecular flexibility index (Phi) is 13.3. The van der Waals surface area contributed by atoms with Crippen LogP contribution in [0.4, 0.5) is 0 Å². The van der Waals surface area contributed by atoms with Gasteiger partial charge in [0, 0.05) is 17.7 Å². The average molecular weight is 263 g/mol. The van der Waals surface area contributed by atoms with Crippen molar-refractivity contribution in [3.8, 4) is 6.07 Å². The molecular weight excluding hydrogens is 246 g/mol. The van der Waals surface area contributed by atoms with Gasteiger partial charge in [-0.15, -0.1) is 0 Å². The average Bonchev–Trinajstić information content (AvgIpc) is 2.40. The molecule has 0 saturated carbocycles. The largest absolute Gasteiger partial charge is 0.458 e. The predicted octanol–water partition coefficient (Wildman–Crippen LogP) is 2.09. The summed E-state index contributed by atoms with van der Waals surface area (Å²) in [5, 5.41) is 7.79. The molecule has 0 aromatic carbocycles. The highest BCUT2D eigenvalue weighted by Gasteiger charge is 1.98. The van der Waals surface area contributed by atoms with Crippen LogP contribution in [0.3, 0.4) is 0 Å². The van der Waals surface area contributed by atoms with E-state index in [0.29, 0.717) is 5.57 Å². The Hall–Kier alpha value is -2.61.